The highest BCUT2D eigenvalue weighted by Crippen LogP contribution is 2.13. The van der Waals surface area contributed by atoms with Gasteiger partial charge in [-0.05, 0) is 61.4 Å². The van der Waals surface area contributed by atoms with Crippen LogP contribution < -0.4 is 16.0 Å². The molecule has 3 aromatic carbocycles. The molecule has 0 saturated heterocycles. The van der Waals surface area contributed by atoms with Crippen molar-refractivity contribution in [2.24, 2.45) is 0 Å². The monoisotopic (exact) mass is 417 g/mol. The van der Waals surface area contributed by atoms with Crippen LogP contribution in [0.2, 0.25) is 0 Å². The molecule has 6 heteroatoms. The number of carbonyl (C=O) groups excluding carboxylic acids is 2. The second-order valence-electron chi connectivity index (χ2n) is 7.33. The molecule has 31 heavy (non-hydrogen) atoms. The minimum Gasteiger partial charge on any atom is -0.374 e. The van der Waals surface area contributed by atoms with Crippen molar-refractivity contribution >= 4 is 23.3 Å². The van der Waals surface area contributed by atoms with Gasteiger partial charge in [0.2, 0.25) is 0 Å². The zero-order valence-electron chi connectivity index (χ0n) is 17.7. The van der Waals surface area contributed by atoms with Crippen molar-refractivity contribution in [1.29, 1.82) is 0 Å². The average molecular weight is 418 g/mol. The maximum atomic E-state index is 12.5. The van der Waals surface area contributed by atoms with E-state index in [1.807, 2.05) is 56.3 Å². The lowest BCUT2D eigenvalue weighted by atomic mass is 10.1. The zero-order chi connectivity index (χ0) is 22.1. The number of hydrogen-bond acceptors (Lipinski definition) is 3. The summed E-state index contributed by atoms with van der Waals surface area (Å²) in [7, 11) is 0. The van der Waals surface area contributed by atoms with Crippen molar-refractivity contribution in [3.8, 4) is 0 Å². The number of ether oxygens (including phenoxy) is 1. The van der Waals surface area contributed by atoms with Gasteiger partial charge in [-0.1, -0.05) is 42.5 Å². The lowest BCUT2D eigenvalue weighted by molar-refractivity contribution is 0.0651. The van der Waals surface area contributed by atoms with Crippen LogP contribution in [0.5, 0.6) is 0 Å². The molecule has 3 aromatic rings. The van der Waals surface area contributed by atoms with Crippen LogP contribution in [-0.4, -0.2) is 18.0 Å². The van der Waals surface area contributed by atoms with Crippen LogP contribution in [0.4, 0.5) is 16.2 Å². The predicted octanol–water partition coefficient (Wildman–Crippen LogP) is 5.19. The number of hydrogen-bond donors (Lipinski definition) is 3. The molecule has 0 aliphatic rings. The Bertz CT molecular complexity index is 1000. The van der Waals surface area contributed by atoms with Gasteiger partial charge in [0.05, 0.1) is 12.7 Å². The third-order valence-corrected chi connectivity index (χ3v) is 4.57. The third kappa shape index (κ3) is 6.97. The summed E-state index contributed by atoms with van der Waals surface area (Å²) < 4.78 is 5.69. The fourth-order valence-electron chi connectivity index (χ4n) is 2.92. The number of rotatable bonds is 8. The number of carbonyl (C=O) groups is 2. The Labute approximate surface area is 182 Å². The van der Waals surface area contributed by atoms with Gasteiger partial charge >= 0.3 is 6.03 Å². The Kier molecular flexibility index (Phi) is 7.79. The molecular weight excluding hydrogens is 390 g/mol. The first-order valence-corrected chi connectivity index (χ1v) is 10.2. The molecule has 0 saturated carbocycles. The highest BCUT2D eigenvalue weighted by Gasteiger charge is 2.09. The van der Waals surface area contributed by atoms with Crippen molar-refractivity contribution in [1.82, 2.24) is 5.32 Å². The maximum absolute atomic E-state index is 12.5. The van der Waals surface area contributed by atoms with Gasteiger partial charge in [0.15, 0.2) is 0 Å². The number of urea groups is 1. The largest absolute Gasteiger partial charge is 0.374 e. The molecule has 3 amide bonds. The normalized spacial score (nSPS) is 10.5. The minimum atomic E-state index is -0.344. The second kappa shape index (κ2) is 10.9. The number of para-hydroxylation sites is 1. The van der Waals surface area contributed by atoms with Gasteiger partial charge in [-0.2, -0.15) is 0 Å². The molecule has 0 aliphatic carbocycles. The lowest BCUT2D eigenvalue weighted by Gasteiger charge is -2.13. The summed E-state index contributed by atoms with van der Waals surface area (Å²) in [6, 6.07) is 23.5. The molecule has 0 atom stereocenters. The molecule has 0 fully saturated rings. The van der Waals surface area contributed by atoms with Crippen LogP contribution in [0.15, 0.2) is 78.9 Å². The van der Waals surface area contributed by atoms with Crippen LogP contribution in [0, 0.1) is 0 Å². The quantitative estimate of drug-likeness (QED) is 0.472. The fraction of sp³-hybridized carbons (Fsp3) is 0.200. The van der Waals surface area contributed by atoms with E-state index in [9.17, 15) is 9.59 Å². The van der Waals surface area contributed by atoms with E-state index in [0.29, 0.717) is 30.1 Å². The van der Waals surface area contributed by atoms with Gasteiger partial charge in [-0.15, -0.1) is 0 Å². The second-order valence-corrected chi connectivity index (χ2v) is 7.33. The van der Waals surface area contributed by atoms with Crippen molar-refractivity contribution < 1.29 is 14.3 Å². The van der Waals surface area contributed by atoms with Crippen LogP contribution in [-0.2, 0) is 17.9 Å². The first kappa shape index (κ1) is 22.1. The maximum Gasteiger partial charge on any atom is 0.323 e. The smallest absolute Gasteiger partial charge is 0.323 e. The highest BCUT2D eigenvalue weighted by molar-refractivity contribution is 6.00. The number of nitrogens with one attached hydrogen (secondary N) is 3. The summed E-state index contributed by atoms with van der Waals surface area (Å²) in [5.74, 6) is -0.181. The Balaban J connectivity index is 1.53. The Morgan fingerprint density at radius 1 is 0.774 bits per heavy atom. The molecule has 0 spiro atoms. The topological polar surface area (TPSA) is 79.5 Å². The number of amides is 3. The van der Waals surface area contributed by atoms with Crippen LogP contribution >= 0.6 is 0 Å². The molecule has 6 nitrogen and oxygen atoms in total. The SMILES string of the molecule is CC(C)OCc1ccccc1CNC(=O)c1ccc(NC(=O)Nc2ccccc2)cc1. The van der Waals surface area contributed by atoms with Crippen LogP contribution in [0.25, 0.3) is 0 Å². The Hall–Kier alpha value is -3.64. The van der Waals surface area contributed by atoms with Gasteiger partial charge in [0.1, 0.15) is 0 Å². The zero-order valence-corrected chi connectivity index (χ0v) is 17.7. The van der Waals surface area contributed by atoms with Gasteiger partial charge in [0, 0.05) is 23.5 Å². The van der Waals surface area contributed by atoms with Crippen molar-refractivity contribution in [2.75, 3.05) is 10.6 Å². The first-order chi connectivity index (χ1) is 15.0. The summed E-state index contributed by atoms with van der Waals surface area (Å²) in [4.78, 5) is 24.6. The number of anilines is 2. The van der Waals surface area contributed by atoms with E-state index >= 15 is 0 Å². The molecule has 0 aliphatic heterocycles. The molecule has 160 valence electrons. The van der Waals surface area contributed by atoms with E-state index in [1.54, 1.807) is 36.4 Å². The van der Waals surface area contributed by atoms with E-state index in [1.165, 1.54) is 0 Å². The van der Waals surface area contributed by atoms with Crippen LogP contribution in [0.1, 0.15) is 35.3 Å². The van der Waals surface area contributed by atoms with E-state index in [2.05, 4.69) is 16.0 Å². The highest BCUT2D eigenvalue weighted by atomic mass is 16.5. The van der Waals surface area contributed by atoms with E-state index in [-0.39, 0.29) is 18.0 Å². The minimum absolute atomic E-state index is 0.143. The average Bonchev–Trinajstić information content (AvgIpc) is 2.77. The van der Waals surface area contributed by atoms with E-state index in [4.69, 9.17) is 4.74 Å². The summed E-state index contributed by atoms with van der Waals surface area (Å²) in [6.45, 7) is 4.91. The summed E-state index contributed by atoms with van der Waals surface area (Å²) in [5, 5.41) is 8.44. The predicted molar refractivity (Wildman–Crippen MR) is 123 cm³/mol. The lowest BCUT2D eigenvalue weighted by Crippen LogP contribution is -2.23. The van der Waals surface area contributed by atoms with Gasteiger partial charge in [0.25, 0.3) is 5.91 Å². The molecule has 0 unspecified atom stereocenters. The fourth-order valence-corrected chi connectivity index (χ4v) is 2.92. The van der Waals surface area contributed by atoms with E-state index in [0.717, 1.165) is 11.1 Å². The molecular formula is C25H27N3O3. The number of benzene rings is 3. The first-order valence-electron chi connectivity index (χ1n) is 10.2. The van der Waals surface area contributed by atoms with E-state index < -0.39 is 0 Å². The molecule has 0 heterocycles. The standard InChI is InChI=1S/C25H27N3O3/c1-18(2)31-17-21-9-7-6-8-20(21)16-26-24(29)19-12-14-23(15-13-19)28-25(30)27-22-10-4-3-5-11-22/h3-15,18H,16-17H2,1-2H3,(H,26,29)(H2,27,28,30). The van der Waals surface area contributed by atoms with Gasteiger partial charge in [-0.25, -0.2) is 4.79 Å². The van der Waals surface area contributed by atoms with Crippen molar-refractivity contribution in [3.05, 3.63) is 95.6 Å². The third-order valence-electron chi connectivity index (χ3n) is 4.57. The molecule has 0 aromatic heterocycles. The van der Waals surface area contributed by atoms with Crippen molar-refractivity contribution in [2.45, 2.75) is 33.1 Å². The molecule has 3 rings (SSSR count). The van der Waals surface area contributed by atoms with Crippen LogP contribution in [0.3, 0.4) is 0 Å². The molecule has 0 bridgehead atoms. The van der Waals surface area contributed by atoms with Gasteiger partial charge < -0.3 is 20.7 Å². The van der Waals surface area contributed by atoms with Crippen molar-refractivity contribution in [3.63, 3.8) is 0 Å². The van der Waals surface area contributed by atoms with Gasteiger partial charge in [-0.3, -0.25) is 4.79 Å². The summed E-state index contributed by atoms with van der Waals surface area (Å²) in [6.07, 6.45) is 0.143. The Morgan fingerprint density at radius 2 is 1.35 bits per heavy atom. The summed E-state index contributed by atoms with van der Waals surface area (Å²) >= 11 is 0. The summed E-state index contributed by atoms with van der Waals surface area (Å²) in [5.41, 5.74) is 3.90. The Morgan fingerprint density at radius 3 is 2.00 bits per heavy atom. The molecule has 3 N–H and O–H groups in total. The molecule has 0 radical (unpaired) electrons.